The number of fused-ring (bicyclic) bond motifs is 1. The molecular formula is C35H49N3O7. The van der Waals surface area contributed by atoms with Crippen molar-refractivity contribution in [3.8, 4) is 0 Å². The molecule has 3 fully saturated rings. The molecule has 1 spiro atoms. The highest BCUT2D eigenvalue weighted by atomic mass is 16.6. The van der Waals surface area contributed by atoms with Crippen LogP contribution >= 0.6 is 0 Å². The van der Waals surface area contributed by atoms with Crippen molar-refractivity contribution in [3.63, 3.8) is 0 Å². The molecule has 8 atom stereocenters. The number of rotatable bonds is 15. The van der Waals surface area contributed by atoms with E-state index in [1.165, 1.54) is 4.90 Å². The summed E-state index contributed by atoms with van der Waals surface area (Å²) in [7, 11) is 1.69. The second kappa shape index (κ2) is 14.3. The lowest BCUT2D eigenvalue weighted by molar-refractivity contribution is -0.165. The fourth-order valence-corrected chi connectivity index (χ4v) is 7.42. The van der Waals surface area contributed by atoms with Crippen molar-refractivity contribution in [2.24, 2.45) is 11.8 Å². The Morgan fingerprint density at radius 2 is 1.87 bits per heavy atom. The van der Waals surface area contributed by atoms with Crippen molar-refractivity contribution in [2.75, 3.05) is 20.2 Å². The Hall–Kier alpha value is -3.50. The van der Waals surface area contributed by atoms with Crippen molar-refractivity contribution in [1.29, 1.82) is 0 Å². The summed E-state index contributed by atoms with van der Waals surface area (Å²) in [5, 5.41) is 10.3. The Labute approximate surface area is 267 Å². The SMILES string of the molecule is C=CCCC(=O)N(C)[C@@H](C)[C@@H](OC(=O)[C@@H]1[C@H]2C(=O)N([C@@H](CC)CO)[C@H](C(=O)N(CC=C)C(C)C)[C@]23CC[C@H]1O3)c1ccccc1. The Bertz CT molecular complexity index is 1260. The van der Waals surface area contributed by atoms with Crippen LogP contribution in [0.5, 0.6) is 0 Å². The molecule has 0 radical (unpaired) electrons. The first-order valence-electron chi connectivity index (χ1n) is 16.1. The van der Waals surface area contributed by atoms with Gasteiger partial charge in [-0.2, -0.15) is 0 Å². The molecule has 1 aromatic rings. The van der Waals surface area contributed by atoms with E-state index >= 15 is 0 Å². The molecule has 246 valence electrons. The van der Waals surface area contributed by atoms with Gasteiger partial charge in [0.05, 0.1) is 36.6 Å². The Morgan fingerprint density at radius 1 is 1.18 bits per heavy atom. The maximum absolute atomic E-state index is 14.4. The smallest absolute Gasteiger partial charge is 0.313 e. The number of hydrogen-bond acceptors (Lipinski definition) is 7. The van der Waals surface area contributed by atoms with E-state index in [-0.39, 0.29) is 43.3 Å². The minimum Gasteiger partial charge on any atom is -0.455 e. The van der Waals surface area contributed by atoms with Crippen LogP contribution in [-0.2, 0) is 28.7 Å². The van der Waals surface area contributed by atoms with E-state index in [1.807, 2.05) is 58.0 Å². The van der Waals surface area contributed by atoms with E-state index < -0.39 is 53.7 Å². The van der Waals surface area contributed by atoms with Gasteiger partial charge in [-0.1, -0.05) is 49.4 Å². The molecule has 0 aliphatic carbocycles. The molecule has 0 aromatic heterocycles. The van der Waals surface area contributed by atoms with Gasteiger partial charge in [-0.25, -0.2) is 0 Å². The van der Waals surface area contributed by atoms with Crippen LogP contribution in [0.2, 0.25) is 0 Å². The lowest BCUT2D eigenvalue weighted by atomic mass is 9.70. The van der Waals surface area contributed by atoms with E-state index in [2.05, 4.69) is 13.2 Å². The normalized spacial score (nSPS) is 27.1. The molecule has 1 aromatic carbocycles. The van der Waals surface area contributed by atoms with Crippen LogP contribution in [0.25, 0.3) is 0 Å². The third kappa shape index (κ3) is 6.19. The molecule has 3 aliphatic heterocycles. The molecule has 0 unspecified atom stereocenters. The van der Waals surface area contributed by atoms with Crippen molar-refractivity contribution in [1.82, 2.24) is 14.7 Å². The number of hydrogen-bond donors (Lipinski definition) is 1. The Morgan fingerprint density at radius 3 is 2.44 bits per heavy atom. The standard InChI is InChI=1S/C35H49N3O7/c1-8-11-17-27(40)36(7)23(6)30(24-15-13-12-14-16-24)44-34(43)28-26-18-19-35(45-26)29(28)32(41)38(25(10-3)21-39)31(35)33(42)37(20-9-2)22(4)5/h8-9,12-16,22-23,25-26,28-31,39H,1-2,10-11,17-21H2,3-7H3/t23-,25-,26+,28-,29-,30+,31+,35-/m0/s1. The van der Waals surface area contributed by atoms with Crippen LogP contribution in [0.4, 0.5) is 0 Å². The van der Waals surface area contributed by atoms with E-state index in [0.717, 1.165) is 5.56 Å². The summed E-state index contributed by atoms with van der Waals surface area (Å²) in [5.41, 5.74) is -0.499. The summed E-state index contributed by atoms with van der Waals surface area (Å²) in [6.07, 6.45) is 4.11. The highest BCUT2D eigenvalue weighted by Gasteiger charge is 2.75. The minimum atomic E-state index is -1.22. The molecule has 1 N–H and O–H groups in total. The molecule has 2 bridgehead atoms. The first-order valence-corrected chi connectivity index (χ1v) is 16.1. The van der Waals surface area contributed by atoms with Crippen LogP contribution in [0, 0.1) is 11.8 Å². The Balaban J connectivity index is 1.70. The van der Waals surface area contributed by atoms with Gasteiger partial charge in [0.25, 0.3) is 0 Å². The molecule has 10 heteroatoms. The second-order valence-corrected chi connectivity index (χ2v) is 12.8. The number of benzene rings is 1. The van der Waals surface area contributed by atoms with Gasteiger partial charge < -0.3 is 29.3 Å². The number of aliphatic hydroxyl groups excluding tert-OH is 1. The molecule has 3 heterocycles. The number of nitrogens with zero attached hydrogens (tertiary/aromatic N) is 3. The average Bonchev–Trinajstić information content (AvgIpc) is 3.68. The summed E-state index contributed by atoms with van der Waals surface area (Å²) in [4.78, 5) is 60.6. The lowest BCUT2D eigenvalue weighted by Gasteiger charge is -2.40. The summed E-state index contributed by atoms with van der Waals surface area (Å²) in [5.74, 6) is -3.22. The summed E-state index contributed by atoms with van der Waals surface area (Å²) in [6.45, 7) is 15.0. The first-order chi connectivity index (χ1) is 21.5. The van der Waals surface area contributed by atoms with Gasteiger partial charge in [0, 0.05) is 26.1 Å². The summed E-state index contributed by atoms with van der Waals surface area (Å²) < 4.78 is 12.9. The number of likely N-dealkylation sites (tertiary alicyclic amines) is 1. The zero-order valence-electron chi connectivity index (χ0n) is 27.3. The van der Waals surface area contributed by atoms with Crippen molar-refractivity contribution in [3.05, 3.63) is 61.2 Å². The highest BCUT2D eigenvalue weighted by Crippen LogP contribution is 2.59. The highest BCUT2D eigenvalue weighted by molar-refractivity contribution is 5.98. The molecule has 3 amide bonds. The van der Waals surface area contributed by atoms with Crippen LogP contribution < -0.4 is 0 Å². The molecule has 45 heavy (non-hydrogen) atoms. The predicted molar refractivity (Wildman–Crippen MR) is 170 cm³/mol. The van der Waals surface area contributed by atoms with Gasteiger partial charge in [0.1, 0.15) is 17.7 Å². The number of allylic oxidation sites excluding steroid dienone is 1. The minimum absolute atomic E-state index is 0.103. The zero-order chi connectivity index (χ0) is 33.1. The third-order valence-electron chi connectivity index (χ3n) is 9.93. The van der Waals surface area contributed by atoms with Crippen LogP contribution in [0.1, 0.15) is 71.5 Å². The second-order valence-electron chi connectivity index (χ2n) is 12.8. The van der Waals surface area contributed by atoms with Crippen molar-refractivity contribution in [2.45, 2.75) is 102 Å². The first kappa shape index (κ1) is 34.4. The van der Waals surface area contributed by atoms with E-state index in [0.29, 0.717) is 25.7 Å². The molecular weight excluding hydrogens is 574 g/mol. The van der Waals surface area contributed by atoms with Crippen molar-refractivity contribution < 1.29 is 33.8 Å². The molecule has 3 saturated heterocycles. The maximum Gasteiger partial charge on any atom is 0.313 e. The summed E-state index contributed by atoms with van der Waals surface area (Å²) >= 11 is 0. The third-order valence-corrected chi connectivity index (χ3v) is 9.93. The number of likely N-dealkylation sites (N-methyl/N-ethyl adjacent to an activating group) is 1. The molecule has 10 nitrogen and oxygen atoms in total. The van der Waals surface area contributed by atoms with E-state index in [4.69, 9.17) is 9.47 Å². The van der Waals surface area contributed by atoms with Gasteiger partial charge in [-0.05, 0) is 52.0 Å². The fourth-order valence-electron chi connectivity index (χ4n) is 7.42. The molecule has 0 saturated carbocycles. The zero-order valence-corrected chi connectivity index (χ0v) is 27.3. The number of esters is 1. The number of carbonyl (C=O) groups excluding carboxylic acids is 4. The molecule has 3 aliphatic rings. The van der Waals surface area contributed by atoms with Gasteiger partial charge in [-0.3, -0.25) is 19.2 Å². The Kier molecular flexibility index (Phi) is 10.9. The van der Waals surface area contributed by atoms with E-state index in [1.54, 1.807) is 29.0 Å². The topological polar surface area (TPSA) is 117 Å². The van der Waals surface area contributed by atoms with Gasteiger partial charge in [-0.15, -0.1) is 13.2 Å². The van der Waals surface area contributed by atoms with Crippen LogP contribution in [-0.4, -0.2) is 99.6 Å². The van der Waals surface area contributed by atoms with Gasteiger partial charge in [0.15, 0.2) is 0 Å². The largest absolute Gasteiger partial charge is 0.455 e. The number of ether oxygens (including phenoxy) is 2. The average molecular weight is 624 g/mol. The lowest BCUT2D eigenvalue weighted by Crippen LogP contribution is -2.59. The van der Waals surface area contributed by atoms with E-state index in [9.17, 15) is 24.3 Å². The summed E-state index contributed by atoms with van der Waals surface area (Å²) in [6, 6.07) is 6.96. The predicted octanol–water partition coefficient (Wildman–Crippen LogP) is 3.65. The fraction of sp³-hybridized carbons (Fsp3) is 0.600. The number of carbonyl (C=O) groups is 4. The van der Waals surface area contributed by atoms with Gasteiger partial charge >= 0.3 is 5.97 Å². The monoisotopic (exact) mass is 623 g/mol. The van der Waals surface area contributed by atoms with Crippen molar-refractivity contribution >= 4 is 23.7 Å². The number of amides is 3. The van der Waals surface area contributed by atoms with Crippen LogP contribution in [0.15, 0.2) is 55.6 Å². The van der Waals surface area contributed by atoms with Gasteiger partial charge in [0.2, 0.25) is 17.7 Å². The van der Waals surface area contributed by atoms with Crippen LogP contribution in [0.3, 0.4) is 0 Å². The molecule has 4 rings (SSSR count). The maximum atomic E-state index is 14.4. The quantitative estimate of drug-likeness (QED) is 0.234. The number of aliphatic hydroxyl groups is 1.